The van der Waals surface area contributed by atoms with E-state index in [9.17, 15) is 4.79 Å². The van der Waals surface area contributed by atoms with Crippen molar-refractivity contribution in [2.24, 2.45) is 0 Å². The fourth-order valence-corrected chi connectivity index (χ4v) is 0.460. The molecule has 9 heavy (non-hydrogen) atoms. The molecule has 1 aromatic heterocycles. The number of aromatic amines is 1. The number of rotatable bonds is 1. The zero-order chi connectivity index (χ0) is 6.85. The van der Waals surface area contributed by atoms with Crippen molar-refractivity contribution in [1.29, 1.82) is 0 Å². The largest absolute Gasteiger partial charge is 0.475 e. The first-order valence-electron chi connectivity index (χ1n) is 2.01. The zero-order valence-corrected chi connectivity index (χ0v) is 4.88. The Balaban J connectivity index is 2.98. The third-order valence-electron chi connectivity index (χ3n) is 0.649. The van der Waals surface area contributed by atoms with Crippen LogP contribution in [-0.2, 0) is 0 Å². The van der Waals surface area contributed by atoms with E-state index < -0.39 is 5.97 Å². The molecule has 0 aromatic carbocycles. The van der Waals surface area contributed by atoms with E-state index in [1.165, 1.54) is 0 Å². The van der Waals surface area contributed by atoms with Crippen LogP contribution in [-0.4, -0.2) is 26.3 Å². The molecule has 0 spiro atoms. The van der Waals surface area contributed by atoms with Crippen LogP contribution in [0.4, 0.5) is 0 Å². The number of aromatic carboxylic acids is 1. The lowest BCUT2D eigenvalue weighted by Gasteiger charge is -1.75. The summed E-state index contributed by atoms with van der Waals surface area (Å²) in [4.78, 5) is 13.3. The highest BCUT2D eigenvalue weighted by molar-refractivity contribution is 6.28. The second-order valence-electron chi connectivity index (χ2n) is 1.25. The van der Waals surface area contributed by atoms with Crippen LogP contribution in [0.2, 0.25) is 5.28 Å². The van der Waals surface area contributed by atoms with Crippen LogP contribution in [0.3, 0.4) is 0 Å². The molecule has 6 heteroatoms. The fraction of sp³-hybridized carbons (Fsp3) is 0. The second kappa shape index (κ2) is 2.02. The number of nitrogens with zero attached hydrogens (tertiary/aromatic N) is 2. The number of nitrogens with one attached hydrogen (secondary N) is 1. The molecule has 0 aliphatic rings. The van der Waals surface area contributed by atoms with Crippen molar-refractivity contribution in [3.05, 3.63) is 11.1 Å². The van der Waals surface area contributed by atoms with Crippen molar-refractivity contribution in [3.8, 4) is 0 Å². The van der Waals surface area contributed by atoms with Crippen LogP contribution in [0.25, 0.3) is 0 Å². The molecule has 0 radical (unpaired) electrons. The summed E-state index contributed by atoms with van der Waals surface area (Å²) < 4.78 is 0. The predicted molar refractivity (Wildman–Crippen MR) is 28.4 cm³/mol. The Morgan fingerprint density at radius 3 is 2.67 bits per heavy atom. The Kier molecular flexibility index (Phi) is 1.35. The van der Waals surface area contributed by atoms with Crippen LogP contribution in [0, 0.1) is 0 Å². The Bertz CT molecular complexity index is 233. The quantitative estimate of drug-likeness (QED) is 0.593. The highest BCUT2D eigenvalue weighted by Gasteiger charge is 2.07. The van der Waals surface area contributed by atoms with E-state index >= 15 is 0 Å². The van der Waals surface area contributed by atoms with E-state index in [0.29, 0.717) is 0 Å². The lowest BCUT2D eigenvalue weighted by atomic mass is 10.7. The number of carboxylic acid groups (broad SMARTS) is 1. The number of aromatic nitrogens is 3. The normalized spacial score (nSPS) is 9.44. The Labute approximate surface area is 54.7 Å². The third-order valence-corrected chi connectivity index (χ3v) is 0.818. The molecule has 5 nitrogen and oxygen atoms in total. The van der Waals surface area contributed by atoms with Crippen LogP contribution in [0.5, 0.6) is 0 Å². The van der Waals surface area contributed by atoms with Gasteiger partial charge in [-0.05, 0) is 11.6 Å². The summed E-state index contributed by atoms with van der Waals surface area (Å²) >= 11 is 5.21. The van der Waals surface area contributed by atoms with Crippen molar-refractivity contribution in [3.63, 3.8) is 0 Å². The van der Waals surface area contributed by atoms with Gasteiger partial charge in [-0.3, -0.25) is 0 Å². The highest BCUT2D eigenvalue weighted by Crippen LogP contribution is 1.97. The van der Waals surface area contributed by atoms with Gasteiger partial charge < -0.3 is 5.11 Å². The van der Waals surface area contributed by atoms with Gasteiger partial charge in [-0.15, -0.1) is 5.10 Å². The smallest absolute Gasteiger partial charge is 0.375 e. The molecule has 0 fully saturated rings. The summed E-state index contributed by atoms with van der Waals surface area (Å²) in [6, 6.07) is 0. The van der Waals surface area contributed by atoms with Crippen molar-refractivity contribution < 1.29 is 9.90 Å². The van der Waals surface area contributed by atoms with Gasteiger partial charge in [0.1, 0.15) is 0 Å². The summed E-state index contributed by atoms with van der Waals surface area (Å²) in [5, 5.41) is 13.6. The van der Waals surface area contributed by atoms with Crippen molar-refractivity contribution in [2.75, 3.05) is 0 Å². The molecule has 0 saturated carbocycles. The van der Waals surface area contributed by atoms with Gasteiger partial charge in [0.25, 0.3) is 5.82 Å². The number of H-pyrrole nitrogens is 1. The number of hydrogen-bond acceptors (Lipinski definition) is 3. The highest BCUT2D eigenvalue weighted by atomic mass is 35.5. The van der Waals surface area contributed by atoms with Crippen molar-refractivity contribution >= 4 is 17.6 Å². The molecule has 0 aliphatic carbocycles. The van der Waals surface area contributed by atoms with Crippen molar-refractivity contribution in [1.82, 2.24) is 15.2 Å². The van der Waals surface area contributed by atoms with E-state index in [0.717, 1.165) is 0 Å². The molecule has 0 unspecified atom stereocenters. The summed E-state index contributed by atoms with van der Waals surface area (Å²) in [5.41, 5.74) is 0. The van der Waals surface area contributed by atoms with Crippen molar-refractivity contribution in [2.45, 2.75) is 0 Å². The monoisotopic (exact) mass is 147 g/mol. The average molecular weight is 148 g/mol. The molecule has 1 heterocycles. The number of carbonyl (C=O) groups is 1. The topological polar surface area (TPSA) is 78.9 Å². The minimum Gasteiger partial charge on any atom is -0.475 e. The molecule has 0 bridgehead atoms. The van der Waals surface area contributed by atoms with E-state index in [1.807, 2.05) is 0 Å². The lowest BCUT2D eigenvalue weighted by Crippen LogP contribution is -1.98. The molecule has 1 aromatic rings. The molecule has 0 atom stereocenters. The molecular weight excluding hydrogens is 146 g/mol. The molecule has 2 N–H and O–H groups in total. The average Bonchev–Trinajstić information content (AvgIpc) is 2.14. The summed E-state index contributed by atoms with van der Waals surface area (Å²) in [6.45, 7) is 0. The van der Waals surface area contributed by atoms with Gasteiger partial charge in [0.15, 0.2) is 0 Å². The van der Waals surface area contributed by atoms with Gasteiger partial charge in [-0.25, -0.2) is 9.89 Å². The second-order valence-corrected chi connectivity index (χ2v) is 1.61. The van der Waals surface area contributed by atoms with Crippen LogP contribution < -0.4 is 0 Å². The van der Waals surface area contributed by atoms with Gasteiger partial charge >= 0.3 is 5.97 Å². The molecular formula is C3H2ClN3O2. The van der Waals surface area contributed by atoms with Crippen LogP contribution >= 0.6 is 11.6 Å². The van der Waals surface area contributed by atoms with Gasteiger partial charge in [-0.1, -0.05) is 0 Å². The SMILES string of the molecule is O=C(O)c1n[nH]c(Cl)n1. The molecule has 48 valence electrons. The zero-order valence-electron chi connectivity index (χ0n) is 4.13. The maximum absolute atomic E-state index is 10.0. The predicted octanol–water partition coefficient (Wildman–Crippen LogP) is 0.156. The Morgan fingerprint density at radius 2 is 2.44 bits per heavy atom. The minimum absolute atomic E-state index is 0.0209. The fourth-order valence-electron chi connectivity index (χ4n) is 0.338. The molecule has 0 saturated heterocycles. The third kappa shape index (κ3) is 1.17. The first-order valence-corrected chi connectivity index (χ1v) is 2.39. The Morgan fingerprint density at radius 1 is 1.78 bits per heavy atom. The number of carboxylic acids is 1. The Hall–Kier alpha value is -1.10. The van der Waals surface area contributed by atoms with E-state index in [-0.39, 0.29) is 11.1 Å². The minimum atomic E-state index is -1.20. The van der Waals surface area contributed by atoms with Crippen LogP contribution in [0.1, 0.15) is 10.6 Å². The number of halogens is 1. The first-order chi connectivity index (χ1) is 4.20. The standard InChI is InChI=1S/C3H2ClN3O2/c4-3-5-1(2(8)9)6-7-3/h(H,8,9)(H,5,6,7). The maximum atomic E-state index is 10.0. The van der Waals surface area contributed by atoms with E-state index in [1.54, 1.807) is 0 Å². The summed E-state index contributed by atoms with van der Waals surface area (Å²) in [7, 11) is 0. The summed E-state index contributed by atoms with van der Waals surface area (Å²) in [5.74, 6) is -1.52. The van der Waals surface area contributed by atoms with E-state index in [2.05, 4.69) is 15.2 Å². The number of hydrogen-bond donors (Lipinski definition) is 2. The maximum Gasteiger partial charge on any atom is 0.375 e. The van der Waals surface area contributed by atoms with Gasteiger partial charge in [-0.2, -0.15) is 4.98 Å². The van der Waals surface area contributed by atoms with Crippen LogP contribution in [0.15, 0.2) is 0 Å². The van der Waals surface area contributed by atoms with Gasteiger partial charge in [0.2, 0.25) is 5.28 Å². The van der Waals surface area contributed by atoms with Gasteiger partial charge in [0.05, 0.1) is 0 Å². The van der Waals surface area contributed by atoms with E-state index in [4.69, 9.17) is 16.7 Å². The van der Waals surface area contributed by atoms with Gasteiger partial charge in [0, 0.05) is 0 Å². The summed E-state index contributed by atoms with van der Waals surface area (Å²) in [6.07, 6.45) is 0. The molecule has 1 rings (SSSR count). The first kappa shape index (κ1) is 6.03. The molecule has 0 aliphatic heterocycles. The molecule has 0 amide bonds. The lowest BCUT2D eigenvalue weighted by molar-refractivity contribution is 0.0684.